The van der Waals surface area contributed by atoms with Gasteiger partial charge in [0.1, 0.15) is 12.3 Å². The van der Waals surface area contributed by atoms with Gasteiger partial charge in [-0.1, -0.05) is 29.3 Å². The van der Waals surface area contributed by atoms with Gasteiger partial charge in [0.25, 0.3) is 0 Å². The van der Waals surface area contributed by atoms with Crippen molar-refractivity contribution in [2.24, 2.45) is 0 Å². The fraction of sp³-hybridized carbons (Fsp3) is 0.267. The lowest BCUT2D eigenvalue weighted by atomic mass is 10.2. The summed E-state index contributed by atoms with van der Waals surface area (Å²) in [4.78, 5) is 12.2. The molecule has 1 fully saturated rings. The minimum absolute atomic E-state index is 0.102. The maximum absolute atomic E-state index is 12.2. The van der Waals surface area contributed by atoms with E-state index in [9.17, 15) is 4.79 Å². The molecule has 0 aliphatic heterocycles. The van der Waals surface area contributed by atoms with Gasteiger partial charge in [-0.3, -0.25) is 0 Å². The summed E-state index contributed by atoms with van der Waals surface area (Å²) in [6, 6.07) is 7.08. The van der Waals surface area contributed by atoms with Crippen molar-refractivity contribution in [2.75, 3.05) is 5.73 Å². The summed E-state index contributed by atoms with van der Waals surface area (Å²) >= 11 is 11.9. The van der Waals surface area contributed by atoms with Crippen LogP contribution in [0.2, 0.25) is 10.0 Å². The molecule has 4 nitrogen and oxygen atoms in total. The molecule has 6 heteroatoms. The second-order valence-electron chi connectivity index (χ2n) is 5.11. The molecule has 3 rings (SSSR count). The lowest BCUT2D eigenvalue weighted by molar-refractivity contribution is 0.0460. The Labute approximate surface area is 132 Å². The molecule has 110 valence electrons. The van der Waals surface area contributed by atoms with Crippen molar-refractivity contribution in [1.82, 2.24) is 4.57 Å². The average molecular weight is 325 g/mol. The second-order valence-corrected chi connectivity index (χ2v) is 5.95. The van der Waals surface area contributed by atoms with Crippen LogP contribution in [0.5, 0.6) is 0 Å². The van der Waals surface area contributed by atoms with Gasteiger partial charge in [-0.05, 0) is 31.0 Å². The SMILES string of the molecule is Nc1cc(C(=O)OCc2ccc(Cl)cc2Cl)n(C2CC2)c1. The molecular formula is C15H14Cl2N2O2. The number of rotatable bonds is 4. The predicted octanol–water partition coefficient (Wildman–Crippen LogP) is 4.07. The number of hydrogen-bond acceptors (Lipinski definition) is 3. The number of ether oxygens (including phenoxy) is 1. The third-order valence-corrected chi connectivity index (χ3v) is 3.98. The molecule has 0 unspecified atom stereocenters. The van der Waals surface area contributed by atoms with Gasteiger partial charge in [-0.15, -0.1) is 0 Å². The van der Waals surface area contributed by atoms with E-state index in [1.54, 1.807) is 30.5 Å². The van der Waals surface area contributed by atoms with E-state index < -0.39 is 5.97 Å². The van der Waals surface area contributed by atoms with Gasteiger partial charge in [0.05, 0.1) is 5.69 Å². The van der Waals surface area contributed by atoms with Crippen LogP contribution in [0, 0.1) is 0 Å². The number of nitrogens with zero attached hydrogens (tertiary/aromatic N) is 1. The van der Waals surface area contributed by atoms with Crippen molar-refractivity contribution in [1.29, 1.82) is 0 Å². The standard InChI is InChI=1S/C15H14Cl2N2O2/c16-10-2-1-9(13(17)5-10)8-21-15(20)14-6-11(18)7-19(14)12-3-4-12/h1-2,5-7,12H,3-4,8,18H2. The van der Waals surface area contributed by atoms with Gasteiger partial charge in [-0.25, -0.2) is 4.79 Å². The zero-order valence-corrected chi connectivity index (χ0v) is 12.7. The highest BCUT2D eigenvalue weighted by atomic mass is 35.5. The lowest BCUT2D eigenvalue weighted by Crippen LogP contribution is -2.11. The van der Waals surface area contributed by atoms with Gasteiger partial charge in [-0.2, -0.15) is 0 Å². The molecule has 1 aromatic heterocycles. The summed E-state index contributed by atoms with van der Waals surface area (Å²) < 4.78 is 7.21. The van der Waals surface area contributed by atoms with E-state index in [1.165, 1.54) is 0 Å². The number of halogens is 2. The number of hydrogen-bond donors (Lipinski definition) is 1. The van der Waals surface area contributed by atoms with Crippen molar-refractivity contribution >= 4 is 34.9 Å². The maximum atomic E-state index is 12.2. The number of anilines is 1. The number of nitrogens with two attached hydrogens (primary N) is 1. The molecule has 0 bridgehead atoms. The molecule has 1 saturated carbocycles. The third kappa shape index (κ3) is 3.17. The van der Waals surface area contributed by atoms with Crippen LogP contribution in [0.3, 0.4) is 0 Å². The van der Waals surface area contributed by atoms with Crippen LogP contribution >= 0.6 is 23.2 Å². The molecule has 1 aliphatic rings. The van der Waals surface area contributed by atoms with E-state index in [4.69, 9.17) is 33.7 Å². The highest BCUT2D eigenvalue weighted by Gasteiger charge is 2.28. The normalized spacial score (nSPS) is 14.2. The van der Waals surface area contributed by atoms with E-state index in [2.05, 4.69) is 0 Å². The summed E-state index contributed by atoms with van der Waals surface area (Å²) in [5.74, 6) is -0.399. The molecule has 0 spiro atoms. The lowest BCUT2D eigenvalue weighted by Gasteiger charge is -2.09. The van der Waals surface area contributed by atoms with Crippen LogP contribution in [0.25, 0.3) is 0 Å². The summed E-state index contributed by atoms with van der Waals surface area (Å²) in [5, 5.41) is 1.03. The molecule has 0 saturated heterocycles. The van der Waals surface area contributed by atoms with Crippen molar-refractivity contribution in [3.63, 3.8) is 0 Å². The van der Waals surface area contributed by atoms with Crippen LogP contribution in [-0.2, 0) is 11.3 Å². The number of esters is 1. The summed E-state index contributed by atoms with van der Waals surface area (Å²) in [6.07, 6.45) is 3.92. The summed E-state index contributed by atoms with van der Waals surface area (Å²) in [7, 11) is 0. The average Bonchev–Trinajstić information content (AvgIpc) is 3.20. The van der Waals surface area contributed by atoms with E-state index in [0.29, 0.717) is 33.0 Å². The van der Waals surface area contributed by atoms with Crippen LogP contribution in [0.4, 0.5) is 5.69 Å². The molecule has 21 heavy (non-hydrogen) atoms. The van der Waals surface area contributed by atoms with E-state index >= 15 is 0 Å². The van der Waals surface area contributed by atoms with Crippen LogP contribution in [-0.4, -0.2) is 10.5 Å². The fourth-order valence-electron chi connectivity index (χ4n) is 2.17. The molecule has 1 heterocycles. The fourth-order valence-corrected chi connectivity index (χ4v) is 2.64. The van der Waals surface area contributed by atoms with Crippen LogP contribution in [0.15, 0.2) is 30.5 Å². The topological polar surface area (TPSA) is 57.3 Å². The zero-order chi connectivity index (χ0) is 15.0. The van der Waals surface area contributed by atoms with E-state index in [-0.39, 0.29) is 6.61 Å². The van der Waals surface area contributed by atoms with Crippen molar-refractivity contribution in [3.8, 4) is 0 Å². The van der Waals surface area contributed by atoms with E-state index in [1.807, 2.05) is 4.57 Å². The molecule has 0 amide bonds. The summed E-state index contributed by atoms with van der Waals surface area (Å²) in [6.45, 7) is 0.102. The first-order valence-electron chi connectivity index (χ1n) is 6.63. The Morgan fingerprint density at radius 2 is 2.10 bits per heavy atom. The largest absolute Gasteiger partial charge is 0.456 e. The molecule has 0 radical (unpaired) electrons. The van der Waals surface area contributed by atoms with Gasteiger partial charge >= 0.3 is 5.97 Å². The van der Waals surface area contributed by atoms with Gasteiger partial charge in [0.15, 0.2) is 0 Å². The van der Waals surface area contributed by atoms with Crippen molar-refractivity contribution in [2.45, 2.75) is 25.5 Å². The predicted molar refractivity (Wildman–Crippen MR) is 82.7 cm³/mol. The minimum Gasteiger partial charge on any atom is -0.456 e. The molecule has 1 aromatic carbocycles. The Kier molecular flexibility index (Phi) is 3.83. The number of carbonyl (C=O) groups is 1. The van der Waals surface area contributed by atoms with E-state index in [0.717, 1.165) is 12.8 Å². The zero-order valence-electron chi connectivity index (χ0n) is 11.2. The molecule has 2 aromatic rings. The molecular weight excluding hydrogens is 311 g/mol. The first-order chi connectivity index (χ1) is 10.0. The number of aromatic nitrogens is 1. The van der Waals surface area contributed by atoms with Crippen molar-refractivity contribution < 1.29 is 9.53 Å². The Morgan fingerprint density at radius 3 is 2.76 bits per heavy atom. The number of carbonyl (C=O) groups excluding carboxylic acids is 1. The Balaban J connectivity index is 1.72. The third-order valence-electron chi connectivity index (χ3n) is 3.39. The highest BCUT2D eigenvalue weighted by Crippen LogP contribution is 2.37. The Bertz CT molecular complexity index is 693. The first kappa shape index (κ1) is 14.3. The first-order valence-corrected chi connectivity index (χ1v) is 7.38. The van der Waals surface area contributed by atoms with Gasteiger partial charge in [0, 0.05) is 27.8 Å². The van der Waals surface area contributed by atoms with Crippen LogP contribution in [0.1, 0.15) is 34.9 Å². The smallest absolute Gasteiger partial charge is 0.355 e. The number of nitrogen functional groups attached to an aromatic ring is 1. The van der Waals surface area contributed by atoms with Crippen LogP contribution < -0.4 is 5.73 Å². The monoisotopic (exact) mass is 324 g/mol. The molecule has 2 N–H and O–H groups in total. The number of benzene rings is 1. The van der Waals surface area contributed by atoms with Gasteiger partial charge in [0.2, 0.25) is 0 Å². The highest BCUT2D eigenvalue weighted by molar-refractivity contribution is 6.35. The maximum Gasteiger partial charge on any atom is 0.355 e. The van der Waals surface area contributed by atoms with Gasteiger partial charge < -0.3 is 15.0 Å². The second kappa shape index (κ2) is 5.62. The Morgan fingerprint density at radius 1 is 1.33 bits per heavy atom. The molecule has 1 aliphatic carbocycles. The Hall–Kier alpha value is -1.65. The molecule has 0 atom stereocenters. The minimum atomic E-state index is -0.399. The van der Waals surface area contributed by atoms with Crippen molar-refractivity contribution in [3.05, 3.63) is 51.8 Å². The summed E-state index contributed by atoms with van der Waals surface area (Å²) in [5.41, 5.74) is 7.54. The quantitative estimate of drug-likeness (QED) is 0.862.